The van der Waals surface area contributed by atoms with Crippen molar-refractivity contribution in [2.45, 2.75) is 52.6 Å². The number of esters is 1. The molecule has 0 spiro atoms. The standard InChI is InChI=1S/C22H28N2O6/c1-13-17(14(2)30-24-13)12-29-22(26)16-10-19(27-3)20(28-4)11-18(16)23-21(25)15-8-6-5-7-9-15/h10-11,15H,5-9,12H2,1-4H3,(H,23,25). The third-order valence-corrected chi connectivity index (χ3v) is 5.51. The number of benzene rings is 1. The van der Waals surface area contributed by atoms with Gasteiger partial charge < -0.3 is 24.1 Å². The monoisotopic (exact) mass is 416 g/mol. The Hall–Kier alpha value is -3.03. The number of anilines is 1. The molecule has 1 amide bonds. The molecule has 1 N–H and O–H groups in total. The largest absolute Gasteiger partial charge is 0.493 e. The average Bonchev–Trinajstić information content (AvgIpc) is 3.09. The fraction of sp³-hybridized carbons (Fsp3) is 0.500. The zero-order valence-corrected chi connectivity index (χ0v) is 17.9. The van der Waals surface area contributed by atoms with Crippen LogP contribution in [-0.2, 0) is 16.1 Å². The Morgan fingerprint density at radius 2 is 1.77 bits per heavy atom. The Morgan fingerprint density at radius 1 is 1.10 bits per heavy atom. The molecule has 0 unspecified atom stereocenters. The van der Waals surface area contributed by atoms with Crippen molar-refractivity contribution in [3.05, 3.63) is 34.7 Å². The molecule has 1 fully saturated rings. The highest BCUT2D eigenvalue weighted by molar-refractivity contribution is 6.02. The number of carbonyl (C=O) groups excluding carboxylic acids is 2. The van der Waals surface area contributed by atoms with E-state index in [1.54, 1.807) is 19.9 Å². The summed E-state index contributed by atoms with van der Waals surface area (Å²) in [4.78, 5) is 25.7. The van der Waals surface area contributed by atoms with Crippen molar-refractivity contribution in [3.8, 4) is 11.5 Å². The summed E-state index contributed by atoms with van der Waals surface area (Å²) in [6, 6.07) is 3.11. The maximum atomic E-state index is 12.9. The smallest absolute Gasteiger partial charge is 0.340 e. The number of aryl methyl sites for hydroxylation is 2. The van der Waals surface area contributed by atoms with E-state index in [1.165, 1.54) is 20.3 Å². The van der Waals surface area contributed by atoms with Crippen LogP contribution >= 0.6 is 0 Å². The quantitative estimate of drug-likeness (QED) is 0.676. The number of hydrogen-bond donors (Lipinski definition) is 1. The minimum absolute atomic E-state index is 0.0182. The van der Waals surface area contributed by atoms with Gasteiger partial charge in [-0.25, -0.2) is 4.79 Å². The molecule has 1 aromatic heterocycles. The molecule has 0 saturated heterocycles. The molecular formula is C22H28N2O6. The summed E-state index contributed by atoms with van der Waals surface area (Å²) in [5, 5.41) is 6.76. The lowest BCUT2D eigenvalue weighted by Gasteiger charge is -2.22. The Morgan fingerprint density at radius 3 is 2.37 bits per heavy atom. The molecule has 1 heterocycles. The summed E-state index contributed by atoms with van der Waals surface area (Å²) < 4.78 is 21.3. The molecule has 0 radical (unpaired) electrons. The zero-order chi connectivity index (χ0) is 21.7. The molecule has 0 aliphatic heterocycles. The summed E-state index contributed by atoms with van der Waals surface area (Å²) in [5.41, 5.74) is 1.92. The highest BCUT2D eigenvalue weighted by Crippen LogP contribution is 2.35. The van der Waals surface area contributed by atoms with Crippen LogP contribution in [0.5, 0.6) is 11.5 Å². The van der Waals surface area contributed by atoms with Gasteiger partial charge in [-0.3, -0.25) is 4.79 Å². The second-order valence-corrected chi connectivity index (χ2v) is 7.46. The second-order valence-electron chi connectivity index (χ2n) is 7.46. The lowest BCUT2D eigenvalue weighted by molar-refractivity contribution is -0.120. The van der Waals surface area contributed by atoms with Crippen molar-refractivity contribution in [1.29, 1.82) is 0 Å². The predicted octanol–water partition coefficient (Wildman–Crippen LogP) is 4.18. The molecule has 162 valence electrons. The third kappa shape index (κ3) is 4.75. The topological polar surface area (TPSA) is 99.9 Å². The fourth-order valence-corrected chi connectivity index (χ4v) is 3.67. The minimum atomic E-state index is -0.588. The van der Waals surface area contributed by atoms with Gasteiger partial charge in [-0.2, -0.15) is 0 Å². The molecule has 0 atom stereocenters. The summed E-state index contributed by atoms with van der Waals surface area (Å²) in [6.07, 6.45) is 4.93. The van der Waals surface area contributed by atoms with E-state index in [2.05, 4.69) is 10.5 Å². The number of ether oxygens (including phenoxy) is 3. The maximum Gasteiger partial charge on any atom is 0.340 e. The van der Waals surface area contributed by atoms with E-state index in [1.807, 2.05) is 0 Å². The number of methoxy groups -OCH3 is 2. The normalized spacial score (nSPS) is 14.3. The molecule has 0 bridgehead atoms. The first-order valence-electron chi connectivity index (χ1n) is 10.1. The van der Waals surface area contributed by atoms with Gasteiger partial charge in [0.05, 0.1) is 36.7 Å². The average molecular weight is 416 g/mol. The van der Waals surface area contributed by atoms with E-state index in [-0.39, 0.29) is 24.0 Å². The van der Waals surface area contributed by atoms with Crippen molar-refractivity contribution < 1.29 is 28.3 Å². The number of rotatable bonds is 7. The van der Waals surface area contributed by atoms with Crippen molar-refractivity contribution in [3.63, 3.8) is 0 Å². The Kier molecular flexibility index (Phi) is 6.97. The highest BCUT2D eigenvalue weighted by Gasteiger charge is 2.25. The van der Waals surface area contributed by atoms with Crippen molar-refractivity contribution in [1.82, 2.24) is 5.16 Å². The van der Waals surface area contributed by atoms with Gasteiger partial charge in [-0.15, -0.1) is 0 Å². The van der Waals surface area contributed by atoms with E-state index in [0.29, 0.717) is 28.6 Å². The van der Waals surface area contributed by atoms with Crippen LogP contribution in [0.3, 0.4) is 0 Å². The van der Waals surface area contributed by atoms with Crippen LogP contribution in [0.25, 0.3) is 0 Å². The second kappa shape index (κ2) is 9.65. The molecule has 8 nitrogen and oxygen atoms in total. The van der Waals surface area contributed by atoms with Crippen LogP contribution in [0.1, 0.15) is 59.5 Å². The number of amides is 1. The van der Waals surface area contributed by atoms with Crippen molar-refractivity contribution in [2.75, 3.05) is 19.5 Å². The van der Waals surface area contributed by atoms with Crippen LogP contribution in [0.2, 0.25) is 0 Å². The molecular weight excluding hydrogens is 388 g/mol. The van der Waals surface area contributed by atoms with E-state index in [0.717, 1.165) is 37.7 Å². The van der Waals surface area contributed by atoms with Crippen LogP contribution in [0.15, 0.2) is 16.7 Å². The van der Waals surface area contributed by atoms with Gasteiger partial charge in [0.25, 0.3) is 0 Å². The summed E-state index contributed by atoms with van der Waals surface area (Å²) in [7, 11) is 2.98. The fourth-order valence-electron chi connectivity index (χ4n) is 3.67. The van der Waals surface area contributed by atoms with Crippen LogP contribution in [0.4, 0.5) is 5.69 Å². The van der Waals surface area contributed by atoms with Crippen LogP contribution < -0.4 is 14.8 Å². The first kappa shape index (κ1) is 21.7. The first-order chi connectivity index (χ1) is 14.4. The lowest BCUT2D eigenvalue weighted by atomic mass is 9.88. The first-order valence-corrected chi connectivity index (χ1v) is 10.1. The Labute approximate surface area is 175 Å². The zero-order valence-electron chi connectivity index (χ0n) is 17.9. The van der Waals surface area contributed by atoms with Gasteiger partial charge in [0.15, 0.2) is 11.5 Å². The summed E-state index contributed by atoms with van der Waals surface area (Å²) in [5.74, 6) is 0.643. The molecule has 8 heteroatoms. The molecule has 30 heavy (non-hydrogen) atoms. The van der Waals surface area contributed by atoms with Gasteiger partial charge in [-0.05, 0) is 26.7 Å². The molecule has 3 rings (SSSR count). The summed E-state index contributed by atoms with van der Waals surface area (Å²) in [6.45, 7) is 3.56. The molecule has 1 aromatic carbocycles. The van der Waals surface area contributed by atoms with Crippen molar-refractivity contribution >= 4 is 17.6 Å². The van der Waals surface area contributed by atoms with Gasteiger partial charge in [0, 0.05) is 18.1 Å². The number of nitrogens with zero attached hydrogens (tertiary/aromatic N) is 1. The van der Waals surface area contributed by atoms with Gasteiger partial charge in [0.1, 0.15) is 12.4 Å². The number of nitrogens with one attached hydrogen (secondary N) is 1. The van der Waals surface area contributed by atoms with E-state index in [9.17, 15) is 9.59 Å². The predicted molar refractivity (Wildman–Crippen MR) is 110 cm³/mol. The van der Waals surface area contributed by atoms with Gasteiger partial charge in [-0.1, -0.05) is 24.4 Å². The molecule has 1 aliphatic rings. The molecule has 1 aliphatic carbocycles. The lowest BCUT2D eigenvalue weighted by Crippen LogP contribution is -2.26. The number of carbonyl (C=O) groups is 2. The maximum absolute atomic E-state index is 12.9. The minimum Gasteiger partial charge on any atom is -0.493 e. The molecule has 1 saturated carbocycles. The Balaban J connectivity index is 1.84. The van der Waals surface area contributed by atoms with E-state index in [4.69, 9.17) is 18.7 Å². The van der Waals surface area contributed by atoms with E-state index < -0.39 is 5.97 Å². The van der Waals surface area contributed by atoms with Gasteiger partial charge >= 0.3 is 5.97 Å². The van der Waals surface area contributed by atoms with Gasteiger partial charge in [0.2, 0.25) is 5.91 Å². The third-order valence-electron chi connectivity index (χ3n) is 5.51. The summed E-state index contributed by atoms with van der Waals surface area (Å²) >= 11 is 0. The Bertz CT molecular complexity index is 895. The SMILES string of the molecule is COc1cc(NC(=O)C2CCCCC2)c(C(=O)OCc2c(C)noc2C)cc1OC. The van der Waals surface area contributed by atoms with Crippen LogP contribution in [-0.4, -0.2) is 31.3 Å². The number of aromatic nitrogens is 1. The highest BCUT2D eigenvalue weighted by atomic mass is 16.5. The molecule has 2 aromatic rings. The van der Waals surface area contributed by atoms with Crippen molar-refractivity contribution in [2.24, 2.45) is 5.92 Å². The number of hydrogen-bond acceptors (Lipinski definition) is 7. The van der Waals surface area contributed by atoms with E-state index >= 15 is 0 Å². The van der Waals surface area contributed by atoms with Crippen LogP contribution in [0, 0.1) is 19.8 Å².